The van der Waals surface area contributed by atoms with Crippen molar-refractivity contribution in [3.63, 3.8) is 0 Å². The molecule has 19 heavy (non-hydrogen) atoms. The quantitative estimate of drug-likeness (QED) is 0.821. The van der Waals surface area contributed by atoms with Gasteiger partial charge in [-0.1, -0.05) is 28.1 Å². The van der Waals surface area contributed by atoms with Crippen LogP contribution in [-0.4, -0.2) is 18.2 Å². The molecule has 0 unspecified atom stereocenters. The van der Waals surface area contributed by atoms with Gasteiger partial charge in [-0.2, -0.15) is 0 Å². The summed E-state index contributed by atoms with van der Waals surface area (Å²) in [4.78, 5) is 0. The second-order valence-electron chi connectivity index (χ2n) is 5.40. The zero-order valence-electron chi connectivity index (χ0n) is 11.8. The number of nitrogens with one attached hydrogen (secondary N) is 1. The van der Waals surface area contributed by atoms with Crippen LogP contribution in [0.1, 0.15) is 19.4 Å². The molecule has 1 aromatic heterocycles. The molecule has 1 aromatic carbocycles. The maximum absolute atomic E-state index is 3.96. The summed E-state index contributed by atoms with van der Waals surface area (Å²) in [5.41, 5.74) is 2.55. The van der Waals surface area contributed by atoms with E-state index < -0.39 is 0 Å². The highest BCUT2D eigenvalue weighted by Gasteiger charge is 2.19. The summed E-state index contributed by atoms with van der Waals surface area (Å²) in [6.07, 6.45) is 5.29. The van der Waals surface area contributed by atoms with Crippen molar-refractivity contribution < 1.29 is 0 Å². The third kappa shape index (κ3) is 2.77. The monoisotopic (exact) mass is 320 g/mol. The molecular weight excluding hydrogens is 300 g/mol. The Kier molecular flexibility index (Phi) is 4.16. The fourth-order valence-corrected chi connectivity index (χ4v) is 2.65. The number of nitrogens with zero attached hydrogens (tertiary/aromatic N) is 1. The average Bonchev–Trinajstić information content (AvgIpc) is 2.75. The van der Waals surface area contributed by atoms with Gasteiger partial charge in [0.1, 0.15) is 0 Å². The molecule has 0 aliphatic carbocycles. The van der Waals surface area contributed by atoms with Crippen LogP contribution in [-0.2, 0) is 12.0 Å². The first kappa shape index (κ1) is 14.4. The Balaban J connectivity index is 2.63. The van der Waals surface area contributed by atoms with Crippen molar-refractivity contribution >= 4 is 26.8 Å². The number of likely N-dealkylation sites (N-methyl/N-ethyl adjacent to an activating group) is 1. The van der Waals surface area contributed by atoms with Crippen molar-refractivity contribution in [3.05, 3.63) is 47.1 Å². The lowest BCUT2D eigenvalue weighted by Gasteiger charge is -2.24. The van der Waals surface area contributed by atoms with Crippen LogP contribution in [0.15, 0.2) is 41.5 Å². The molecule has 0 saturated carbocycles. The molecule has 1 heterocycles. The van der Waals surface area contributed by atoms with Crippen molar-refractivity contribution in [2.75, 3.05) is 13.6 Å². The fraction of sp³-hybridized carbons (Fsp3) is 0.375. The number of benzene rings is 1. The van der Waals surface area contributed by atoms with E-state index in [4.69, 9.17) is 0 Å². The van der Waals surface area contributed by atoms with E-state index in [-0.39, 0.29) is 5.54 Å². The molecule has 3 heteroatoms. The summed E-state index contributed by atoms with van der Waals surface area (Å²) in [6.45, 7) is 9.32. The van der Waals surface area contributed by atoms with E-state index >= 15 is 0 Å². The molecule has 102 valence electrons. The summed E-state index contributed by atoms with van der Waals surface area (Å²) in [6, 6.07) is 6.49. The van der Waals surface area contributed by atoms with Crippen LogP contribution in [0.3, 0.4) is 0 Å². The van der Waals surface area contributed by atoms with E-state index in [1.807, 2.05) is 13.1 Å². The Morgan fingerprint density at radius 2 is 2.16 bits per heavy atom. The van der Waals surface area contributed by atoms with E-state index in [1.165, 1.54) is 16.5 Å². The van der Waals surface area contributed by atoms with Crippen LogP contribution in [0.5, 0.6) is 0 Å². The highest BCUT2D eigenvalue weighted by Crippen LogP contribution is 2.30. The van der Waals surface area contributed by atoms with Gasteiger partial charge in [-0.05, 0) is 51.6 Å². The normalized spacial score (nSPS) is 12.0. The molecule has 0 radical (unpaired) electrons. The minimum atomic E-state index is -0.0864. The molecule has 2 aromatic rings. The van der Waals surface area contributed by atoms with Gasteiger partial charge >= 0.3 is 0 Å². The molecule has 0 aliphatic heterocycles. The number of fused-ring (bicyclic) bond motifs is 1. The van der Waals surface area contributed by atoms with Gasteiger partial charge in [-0.3, -0.25) is 0 Å². The largest absolute Gasteiger partial charge is 0.338 e. The summed E-state index contributed by atoms with van der Waals surface area (Å²) >= 11 is 3.57. The lowest BCUT2D eigenvalue weighted by molar-refractivity contribution is 0.471. The van der Waals surface area contributed by atoms with Crippen LogP contribution in [0.4, 0.5) is 0 Å². The molecule has 2 nitrogen and oxygen atoms in total. The Morgan fingerprint density at radius 1 is 1.42 bits per heavy atom. The van der Waals surface area contributed by atoms with Gasteiger partial charge in [0, 0.05) is 16.1 Å². The summed E-state index contributed by atoms with van der Waals surface area (Å²) < 4.78 is 3.42. The van der Waals surface area contributed by atoms with Crippen molar-refractivity contribution in [2.24, 2.45) is 0 Å². The van der Waals surface area contributed by atoms with Crippen LogP contribution >= 0.6 is 15.9 Å². The van der Waals surface area contributed by atoms with E-state index in [0.29, 0.717) is 0 Å². The first-order chi connectivity index (χ1) is 8.99. The van der Waals surface area contributed by atoms with Gasteiger partial charge in [0.15, 0.2) is 0 Å². The molecule has 0 fully saturated rings. The zero-order valence-corrected chi connectivity index (χ0v) is 13.4. The van der Waals surface area contributed by atoms with Crippen LogP contribution in [0.2, 0.25) is 0 Å². The van der Waals surface area contributed by atoms with Crippen LogP contribution in [0.25, 0.3) is 10.9 Å². The molecule has 0 aliphatic rings. The van der Waals surface area contributed by atoms with Crippen molar-refractivity contribution in [1.82, 2.24) is 9.88 Å². The number of hydrogen-bond acceptors (Lipinski definition) is 1. The van der Waals surface area contributed by atoms with Gasteiger partial charge in [0.05, 0.1) is 11.1 Å². The minimum absolute atomic E-state index is 0.0864. The second kappa shape index (κ2) is 5.51. The lowest BCUT2D eigenvalue weighted by Crippen LogP contribution is -2.22. The van der Waals surface area contributed by atoms with Gasteiger partial charge in [-0.15, -0.1) is 6.58 Å². The molecule has 0 amide bonds. The smallest absolute Gasteiger partial charge is 0.0569 e. The van der Waals surface area contributed by atoms with Crippen LogP contribution < -0.4 is 5.32 Å². The van der Waals surface area contributed by atoms with Gasteiger partial charge in [0.2, 0.25) is 0 Å². The Labute approximate surface area is 123 Å². The first-order valence-electron chi connectivity index (χ1n) is 6.58. The van der Waals surface area contributed by atoms with Gasteiger partial charge in [0.25, 0.3) is 0 Å². The standard InChI is InChI=1S/C16H21BrN2/c1-5-16(2,3)19-11-12(8-9-18-4)14-7-6-13(17)10-15(14)19/h5-7,10-11,18H,1,8-9H2,2-4H3. The van der Waals surface area contributed by atoms with E-state index in [1.54, 1.807) is 0 Å². The van der Waals surface area contributed by atoms with E-state index in [9.17, 15) is 0 Å². The number of allylic oxidation sites excluding steroid dienone is 1. The molecule has 0 atom stereocenters. The predicted octanol–water partition coefficient (Wildman–Crippen LogP) is 4.09. The molecule has 0 spiro atoms. The molecule has 1 N–H and O–H groups in total. The predicted molar refractivity (Wildman–Crippen MR) is 86.8 cm³/mol. The molecular formula is C16H21BrN2. The van der Waals surface area contributed by atoms with Gasteiger partial charge < -0.3 is 9.88 Å². The molecule has 0 saturated heterocycles. The summed E-state index contributed by atoms with van der Waals surface area (Å²) in [5, 5.41) is 4.54. The number of aromatic nitrogens is 1. The summed E-state index contributed by atoms with van der Waals surface area (Å²) in [5.74, 6) is 0. The minimum Gasteiger partial charge on any atom is -0.338 e. The Morgan fingerprint density at radius 3 is 2.79 bits per heavy atom. The number of hydrogen-bond donors (Lipinski definition) is 1. The topological polar surface area (TPSA) is 17.0 Å². The van der Waals surface area contributed by atoms with Crippen molar-refractivity contribution in [3.8, 4) is 0 Å². The second-order valence-corrected chi connectivity index (χ2v) is 6.31. The maximum Gasteiger partial charge on any atom is 0.0569 e. The van der Waals surface area contributed by atoms with Crippen molar-refractivity contribution in [2.45, 2.75) is 25.8 Å². The highest BCUT2D eigenvalue weighted by atomic mass is 79.9. The average molecular weight is 321 g/mol. The number of halogens is 1. The van der Waals surface area contributed by atoms with Crippen molar-refractivity contribution in [1.29, 1.82) is 0 Å². The fourth-order valence-electron chi connectivity index (χ4n) is 2.30. The van der Waals surface area contributed by atoms with E-state index in [2.05, 4.69) is 70.6 Å². The first-order valence-corrected chi connectivity index (χ1v) is 7.37. The summed E-state index contributed by atoms with van der Waals surface area (Å²) in [7, 11) is 1.99. The van der Waals surface area contributed by atoms with Gasteiger partial charge in [-0.25, -0.2) is 0 Å². The molecule has 2 rings (SSSR count). The van der Waals surface area contributed by atoms with E-state index in [0.717, 1.165) is 17.4 Å². The zero-order chi connectivity index (χ0) is 14.0. The third-order valence-electron chi connectivity index (χ3n) is 3.61. The Hall–Kier alpha value is -1.06. The lowest BCUT2D eigenvalue weighted by atomic mass is 10.1. The Bertz CT molecular complexity index is 596. The third-order valence-corrected chi connectivity index (χ3v) is 4.11. The highest BCUT2D eigenvalue weighted by molar-refractivity contribution is 9.10. The SMILES string of the molecule is C=CC(C)(C)n1cc(CCNC)c2ccc(Br)cc21. The molecule has 0 bridgehead atoms. The van der Waals surface area contributed by atoms with Crippen LogP contribution in [0, 0.1) is 0 Å². The number of rotatable bonds is 5. The maximum atomic E-state index is 3.96.